The van der Waals surface area contributed by atoms with Crippen molar-refractivity contribution in [2.45, 2.75) is 13.8 Å². The first-order valence-corrected chi connectivity index (χ1v) is 6.53. The molecule has 0 aliphatic heterocycles. The molecule has 0 saturated carbocycles. The van der Waals surface area contributed by atoms with Gasteiger partial charge in [0, 0.05) is 5.56 Å². The summed E-state index contributed by atoms with van der Waals surface area (Å²) in [7, 11) is 0. The topological polar surface area (TPSA) is 25.8 Å². The van der Waals surface area contributed by atoms with Crippen molar-refractivity contribution >= 4 is 22.6 Å². The fourth-order valence-electron chi connectivity index (χ4n) is 2.21. The maximum atomic E-state index is 6.25. The largest absolute Gasteiger partial charge is 0.249 e. The number of halogens is 1. The van der Waals surface area contributed by atoms with E-state index in [9.17, 15) is 0 Å². The summed E-state index contributed by atoms with van der Waals surface area (Å²) >= 11 is 6.25. The molecule has 0 bridgehead atoms. The Morgan fingerprint density at radius 3 is 2.47 bits per heavy atom. The molecule has 0 radical (unpaired) electrons. The van der Waals surface area contributed by atoms with Gasteiger partial charge in [0.1, 0.15) is 0 Å². The first-order chi connectivity index (χ1) is 9.16. The van der Waals surface area contributed by atoms with Crippen molar-refractivity contribution in [3.05, 3.63) is 58.7 Å². The molecule has 0 saturated heterocycles. The molecule has 2 aromatic carbocycles. The number of aryl methyl sites for hydroxylation is 2. The molecule has 0 aliphatic carbocycles. The molecule has 0 spiro atoms. The van der Waals surface area contributed by atoms with Crippen LogP contribution < -0.4 is 0 Å². The van der Waals surface area contributed by atoms with Crippen molar-refractivity contribution in [2.24, 2.45) is 0 Å². The van der Waals surface area contributed by atoms with Crippen LogP contribution in [0.25, 0.3) is 22.3 Å². The Morgan fingerprint density at radius 2 is 1.68 bits per heavy atom. The maximum absolute atomic E-state index is 6.25. The molecule has 3 heteroatoms. The van der Waals surface area contributed by atoms with Gasteiger partial charge in [-0.3, -0.25) is 0 Å². The highest BCUT2D eigenvalue weighted by atomic mass is 35.5. The monoisotopic (exact) mass is 268 g/mol. The quantitative estimate of drug-likeness (QED) is 0.646. The summed E-state index contributed by atoms with van der Waals surface area (Å²) in [5, 5.41) is 0.701. The van der Waals surface area contributed by atoms with E-state index in [1.54, 1.807) is 0 Å². The smallest absolute Gasteiger partial charge is 0.0937 e. The lowest BCUT2D eigenvalue weighted by molar-refractivity contribution is 1.18. The Bertz CT molecular complexity index is 766. The third kappa shape index (κ3) is 2.08. The lowest BCUT2D eigenvalue weighted by atomic mass is 10.1. The maximum Gasteiger partial charge on any atom is 0.0937 e. The number of hydrogen-bond donors (Lipinski definition) is 0. The summed E-state index contributed by atoms with van der Waals surface area (Å²) in [5.74, 6) is 0. The van der Waals surface area contributed by atoms with E-state index < -0.39 is 0 Å². The number of nitrogens with zero attached hydrogens (tertiary/aromatic N) is 2. The minimum Gasteiger partial charge on any atom is -0.249 e. The molecular formula is C16H13ClN2. The predicted octanol–water partition coefficient (Wildman–Crippen LogP) is 4.57. The minimum absolute atomic E-state index is 0.701. The van der Waals surface area contributed by atoms with Crippen molar-refractivity contribution in [1.29, 1.82) is 0 Å². The van der Waals surface area contributed by atoms with Gasteiger partial charge in [-0.1, -0.05) is 41.9 Å². The summed E-state index contributed by atoms with van der Waals surface area (Å²) < 4.78 is 0. The second-order valence-corrected chi connectivity index (χ2v) is 4.99. The van der Waals surface area contributed by atoms with Crippen LogP contribution in [0.4, 0.5) is 0 Å². The van der Waals surface area contributed by atoms with Crippen molar-refractivity contribution < 1.29 is 0 Å². The van der Waals surface area contributed by atoms with Crippen LogP contribution in [0.15, 0.2) is 42.5 Å². The standard InChI is InChI=1S/C16H13ClN2/c1-10-6-5-9-14-15(10)18-11(2)16(19-14)12-7-3-4-8-13(12)17/h3-9H,1-2H3. The number of benzene rings is 2. The third-order valence-electron chi connectivity index (χ3n) is 3.20. The second-order valence-electron chi connectivity index (χ2n) is 4.58. The summed E-state index contributed by atoms with van der Waals surface area (Å²) in [6.07, 6.45) is 0. The molecule has 1 heterocycles. The number of para-hydroxylation sites is 1. The molecule has 0 fully saturated rings. The predicted molar refractivity (Wildman–Crippen MR) is 79.5 cm³/mol. The third-order valence-corrected chi connectivity index (χ3v) is 3.53. The van der Waals surface area contributed by atoms with E-state index in [0.29, 0.717) is 5.02 Å². The fourth-order valence-corrected chi connectivity index (χ4v) is 2.43. The van der Waals surface area contributed by atoms with Gasteiger partial charge in [-0.05, 0) is 31.5 Å². The highest BCUT2D eigenvalue weighted by molar-refractivity contribution is 6.33. The van der Waals surface area contributed by atoms with Crippen molar-refractivity contribution in [1.82, 2.24) is 9.97 Å². The summed E-state index contributed by atoms with van der Waals surface area (Å²) in [6, 6.07) is 13.8. The molecule has 0 N–H and O–H groups in total. The van der Waals surface area contributed by atoms with Gasteiger partial charge in [0.15, 0.2) is 0 Å². The molecule has 0 amide bonds. The van der Waals surface area contributed by atoms with Gasteiger partial charge < -0.3 is 0 Å². The SMILES string of the molecule is Cc1nc2c(C)cccc2nc1-c1ccccc1Cl. The molecule has 94 valence electrons. The zero-order chi connectivity index (χ0) is 13.4. The van der Waals surface area contributed by atoms with E-state index in [2.05, 4.69) is 4.98 Å². The zero-order valence-electron chi connectivity index (χ0n) is 10.8. The molecule has 0 unspecified atom stereocenters. The van der Waals surface area contributed by atoms with Crippen LogP contribution in [-0.4, -0.2) is 9.97 Å². The van der Waals surface area contributed by atoms with Crippen LogP contribution in [-0.2, 0) is 0 Å². The highest BCUT2D eigenvalue weighted by Gasteiger charge is 2.11. The van der Waals surface area contributed by atoms with E-state index in [4.69, 9.17) is 16.6 Å². The van der Waals surface area contributed by atoms with E-state index in [-0.39, 0.29) is 0 Å². The molecule has 3 rings (SSSR count). The Hall–Kier alpha value is -1.93. The van der Waals surface area contributed by atoms with E-state index >= 15 is 0 Å². The normalized spacial score (nSPS) is 10.9. The Balaban J connectivity index is 2.31. The van der Waals surface area contributed by atoms with Gasteiger partial charge in [-0.25, -0.2) is 9.97 Å². The Kier molecular flexibility index (Phi) is 2.96. The van der Waals surface area contributed by atoms with Gasteiger partial charge in [0.05, 0.1) is 27.4 Å². The lowest BCUT2D eigenvalue weighted by Crippen LogP contribution is -1.96. The summed E-state index contributed by atoms with van der Waals surface area (Å²) in [4.78, 5) is 9.39. The first-order valence-electron chi connectivity index (χ1n) is 6.15. The summed E-state index contributed by atoms with van der Waals surface area (Å²) in [6.45, 7) is 4.02. The van der Waals surface area contributed by atoms with E-state index in [1.807, 2.05) is 56.3 Å². The lowest BCUT2D eigenvalue weighted by Gasteiger charge is -2.09. The number of hydrogen-bond acceptors (Lipinski definition) is 2. The average Bonchev–Trinajstić information content (AvgIpc) is 2.40. The van der Waals surface area contributed by atoms with Crippen molar-refractivity contribution in [3.8, 4) is 11.3 Å². The van der Waals surface area contributed by atoms with Crippen molar-refractivity contribution in [3.63, 3.8) is 0 Å². The molecule has 0 aliphatic rings. The van der Waals surface area contributed by atoms with Crippen LogP contribution in [0.1, 0.15) is 11.3 Å². The Labute approximate surface area is 117 Å². The number of fused-ring (bicyclic) bond motifs is 1. The van der Waals surface area contributed by atoms with Crippen LogP contribution in [0.2, 0.25) is 5.02 Å². The van der Waals surface area contributed by atoms with E-state index in [0.717, 1.165) is 33.5 Å². The summed E-state index contributed by atoms with van der Waals surface area (Å²) in [5.41, 5.74) is 5.67. The zero-order valence-corrected chi connectivity index (χ0v) is 11.6. The second kappa shape index (κ2) is 4.63. The van der Waals surface area contributed by atoms with Crippen LogP contribution >= 0.6 is 11.6 Å². The van der Waals surface area contributed by atoms with Crippen LogP contribution in [0, 0.1) is 13.8 Å². The molecule has 3 aromatic rings. The molecule has 19 heavy (non-hydrogen) atoms. The molecule has 0 atom stereocenters. The van der Waals surface area contributed by atoms with Gasteiger partial charge >= 0.3 is 0 Å². The number of rotatable bonds is 1. The fraction of sp³-hybridized carbons (Fsp3) is 0.125. The Morgan fingerprint density at radius 1 is 0.895 bits per heavy atom. The molecular weight excluding hydrogens is 256 g/mol. The molecule has 1 aromatic heterocycles. The number of aromatic nitrogens is 2. The van der Waals surface area contributed by atoms with Gasteiger partial charge in [0.2, 0.25) is 0 Å². The van der Waals surface area contributed by atoms with Gasteiger partial charge in [-0.15, -0.1) is 0 Å². The average molecular weight is 269 g/mol. The first kappa shape index (κ1) is 12.1. The van der Waals surface area contributed by atoms with Gasteiger partial charge in [0.25, 0.3) is 0 Å². The van der Waals surface area contributed by atoms with E-state index in [1.165, 1.54) is 0 Å². The minimum atomic E-state index is 0.701. The molecule has 2 nitrogen and oxygen atoms in total. The van der Waals surface area contributed by atoms with Crippen LogP contribution in [0.3, 0.4) is 0 Å². The van der Waals surface area contributed by atoms with Crippen LogP contribution in [0.5, 0.6) is 0 Å². The van der Waals surface area contributed by atoms with Gasteiger partial charge in [-0.2, -0.15) is 0 Å². The highest BCUT2D eigenvalue weighted by Crippen LogP contribution is 2.29. The van der Waals surface area contributed by atoms with Crippen molar-refractivity contribution in [2.75, 3.05) is 0 Å².